The van der Waals surface area contributed by atoms with Gasteiger partial charge in [-0.2, -0.15) is 0 Å². The molecule has 0 aromatic heterocycles. The molecule has 1 aliphatic heterocycles. The number of rotatable bonds is 6. The van der Waals surface area contributed by atoms with Gasteiger partial charge < -0.3 is 10.2 Å². The minimum atomic E-state index is 0.218. The number of hydrogen-bond donors (Lipinski definition) is 2. The first-order chi connectivity index (χ1) is 10.5. The summed E-state index contributed by atoms with van der Waals surface area (Å²) in [6.45, 7) is 9.34. The first-order valence-electron chi connectivity index (χ1n) is 8.04. The Balaban J connectivity index is 2.00. The molecule has 2 N–H and O–H groups in total. The average molecular weight is 327 g/mol. The zero-order valence-corrected chi connectivity index (χ0v) is 14.3. The van der Waals surface area contributed by atoms with Gasteiger partial charge in [0.1, 0.15) is 5.75 Å². The highest BCUT2D eigenvalue weighted by atomic mass is 35.5. The summed E-state index contributed by atoms with van der Waals surface area (Å²) < 4.78 is 0. The second-order valence-corrected chi connectivity index (χ2v) is 7.00. The van der Waals surface area contributed by atoms with Crippen LogP contribution in [-0.2, 0) is 6.54 Å². The molecule has 1 heterocycles. The summed E-state index contributed by atoms with van der Waals surface area (Å²) in [5.74, 6) is 0.928. The van der Waals surface area contributed by atoms with E-state index in [1.165, 1.54) is 0 Å². The number of hydrogen-bond acceptors (Lipinski definition) is 4. The highest BCUT2D eigenvalue weighted by Crippen LogP contribution is 2.24. The van der Waals surface area contributed by atoms with Gasteiger partial charge >= 0.3 is 0 Å². The number of aliphatic hydroxyl groups excluding tert-OH is 1. The van der Waals surface area contributed by atoms with Gasteiger partial charge in [0.25, 0.3) is 0 Å². The van der Waals surface area contributed by atoms with Crippen molar-refractivity contribution in [3.05, 3.63) is 28.8 Å². The Labute approximate surface area is 138 Å². The third-order valence-corrected chi connectivity index (χ3v) is 4.42. The summed E-state index contributed by atoms with van der Waals surface area (Å²) in [5, 5.41) is 19.9. The van der Waals surface area contributed by atoms with Crippen LogP contribution in [0, 0.1) is 5.92 Å². The van der Waals surface area contributed by atoms with Gasteiger partial charge in [-0.05, 0) is 30.5 Å². The standard InChI is InChI=1S/C17H27ClN2O2/c1-13(2)10-20-7-6-19(12-16(20)5-8-21)11-14-9-15(18)3-4-17(14)22/h3-4,9,13,16,21-22H,5-8,10-12H2,1-2H3. The van der Waals surface area contributed by atoms with Crippen LogP contribution in [0.1, 0.15) is 25.8 Å². The molecule has 2 rings (SSSR count). The Bertz CT molecular complexity index is 482. The quantitative estimate of drug-likeness (QED) is 0.843. The lowest BCUT2D eigenvalue weighted by Gasteiger charge is -2.42. The molecule has 0 bridgehead atoms. The van der Waals surface area contributed by atoms with E-state index in [2.05, 4.69) is 23.6 Å². The van der Waals surface area contributed by atoms with E-state index in [0.29, 0.717) is 29.3 Å². The molecule has 1 saturated heterocycles. The van der Waals surface area contributed by atoms with Gasteiger partial charge in [0.05, 0.1) is 0 Å². The van der Waals surface area contributed by atoms with Gasteiger partial charge in [-0.15, -0.1) is 0 Å². The van der Waals surface area contributed by atoms with Crippen LogP contribution < -0.4 is 0 Å². The molecule has 4 nitrogen and oxygen atoms in total. The monoisotopic (exact) mass is 326 g/mol. The zero-order chi connectivity index (χ0) is 16.1. The summed E-state index contributed by atoms with van der Waals surface area (Å²) in [6.07, 6.45) is 0.796. The van der Waals surface area contributed by atoms with Crippen molar-refractivity contribution in [3.8, 4) is 5.75 Å². The van der Waals surface area contributed by atoms with Crippen molar-refractivity contribution in [1.82, 2.24) is 9.80 Å². The molecule has 5 heteroatoms. The van der Waals surface area contributed by atoms with Gasteiger partial charge in [-0.25, -0.2) is 0 Å². The summed E-state index contributed by atoms with van der Waals surface area (Å²) in [7, 11) is 0. The Morgan fingerprint density at radius 3 is 2.77 bits per heavy atom. The lowest BCUT2D eigenvalue weighted by atomic mass is 10.1. The number of aromatic hydroxyl groups is 1. The molecule has 0 saturated carbocycles. The number of halogens is 1. The largest absolute Gasteiger partial charge is 0.508 e. The van der Waals surface area contributed by atoms with E-state index in [1.54, 1.807) is 12.1 Å². The van der Waals surface area contributed by atoms with E-state index in [9.17, 15) is 10.2 Å². The molecule has 1 atom stereocenters. The molecule has 1 aromatic rings. The Kier molecular flexibility index (Phi) is 6.50. The highest BCUT2D eigenvalue weighted by Gasteiger charge is 2.27. The molecule has 0 spiro atoms. The van der Waals surface area contributed by atoms with Gasteiger partial charge in [-0.1, -0.05) is 25.4 Å². The van der Waals surface area contributed by atoms with Crippen molar-refractivity contribution in [2.24, 2.45) is 5.92 Å². The SMILES string of the molecule is CC(C)CN1CCN(Cc2cc(Cl)ccc2O)CC1CCO. The van der Waals surface area contributed by atoms with E-state index in [-0.39, 0.29) is 6.61 Å². The lowest BCUT2D eigenvalue weighted by molar-refractivity contribution is 0.0474. The van der Waals surface area contributed by atoms with E-state index in [4.69, 9.17) is 11.6 Å². The Morgan fingerprint density at radius 1 is 1.32 bits per heavy atom. The molecule has 1 unspecified atom stereocenters. The van der Waals surface area contributed by atoms with Crippen LogP contribution in [0.5, 0.6) is 5.75 Å². The first-order valence-corrected chi connectivity index (χ1v) is 8.42. The Hall–Kier alpha value is -0.810. The van der Waals surface area contributed by atoms with Crippen molar-refractivity contribution >= 4 is 11.6 Å². The normalized spacial score (nSPS) is 20.7. The highest BCUT2D eigenvalue weighted by molar-refractivity contribution is 6.30. The second kappa shape index (κ2) is 8.16. The fourth-order valence-electron chi connectivity index (χ4n) is 3.15. The molecule has 22 heavy (non-hydrogen) atoms. The number of phenolic OH excluding ortho intramolecular Hbond substituents is 1. The van der Waals surface area contributed by atoms with Crippen LogP contribution >= 0.6 is 11.6 Å². The van der Waals surface area contributed by atoms with Crippen molar-refractivity contribution in [2.45, 2.75) is 32.9 Å². The maximum absolute atomic E-state index is 9.97. The zero-order valence-electron chi connectivity index (χ0n) is 13.5. The summed E-state index contributed by atoms with van der Waals surface area (Å²) in [5.41, 5.74) is 0.868. The maximum atomic E-state index is 9.97. The van der Waals surface area contributed by atoms with Gasteiger partial charge in [0.15, 0.2) is 0 Å². The molecular formula is C17H27ClN2O2. The second-order valence-electron chi connectivity index (χ2n) is 6.56. The summed E-state index contributed by atoms with van der Waals surface area (Å²) >= 11 is 6.02. The molecule has 1 aromatic carbocycles. The Morgan fingerprint density at radius 2 is 2.09 bits per heavy atom. The van der Waals surface area contributed by atoms with Crippen LogP contribution in [0.25, 0.3) is 0 Å². The maximum Gasteiger partial charge on any atom is 0.120 e. The topological polar surface area (TPSA) is 46.9 Å². The number of aliphatic hydroxyl groups is 1. The predicted octanol–water partition coefficient (Wildman–Crippen LogP) is 2.57. The number of benzene rings is 1. The molecule has 1 fully saturated rings. The van der Waals surface area contributed by atoms with Gasteiger partial charge in [-0.3, -0.25) is 9.80 Å². The fraction of sp³-hybridized carbons (Fsp3) is 0.647. The molecule has 0 aliphatic carbocycles. The van der Waals surface area contributed by atoms with Crippen LogP contribution in [0.4, 0.5) is 0 Å². The minimum Gasteiger partial charge on any atom is -0.508 e. The summed E-state index contributed by atoms with van der Waals surface area (Å²) in [6, 6.07) is 5.56. The first kappa shape index (κ1) is 17.5. The molecule has 124 valence electrons. The van der Waals surface area contributed by atoms with Crippen LogP contribution in [0.15, 0.2) is 18.2 Å². The predicted molar refractivity (Wildman–Crippen MR) is 90.3 cm³/mol. The van der Waals surface area contributed by atoms with Crippen LogP contribution in [-0.4, -0.2) is 58.8 Å². The van der Waals surface area contributed by atoms with Crippen LogP contribution in [0.2, 0.25) is 5.02 Å². The lowest BCUT2D eigenvalue weighted by Crippen LogP contribution is -2.53. The van der Waals surface area contributed by atoms with Crippen LogP contribution in [0.3, 0.4) is 0 Å². The number of nitrogens with zero attached hydrogens (tertiary/aromatic N) is 2. The summed E-state index contributed by atoms with van der Waals surface area (Å²) in [4.78, 5) is 4.82. The third-order valence-electron chi connectivity index (χ3n) is 4.19. The van der Waals surface area contributed by atoms with Crippen molar-refractivity contribution in [1.29, 1.82) is 0 Å². The van der Waals surface area contributed by atoms with Crippen molar-refractivity contribution in [2.75, 3.05) is 32.8 Å². The van der Waals surface area contributed by atoms with E-state index in [0.717, 1.165) is 38.2 Å². The molecule has 0 amide bonds. The van der Waals surface area contributed by atoms with Crippen molar-refractivity contribution in [3.63, 3.8) is 0 Å². The van der Waals surface area contributed by atoms with Crippen molar-refractivity contribution < 1.29 is 10.2 Å². The van der Waals surface area contributed by atoms with E-state index < -0.39 is 0 Å². The number of piperazine rings is 1. The molecular weight excluding hydrogens is 300 g/mol. The average Bonchev–Trinajstić information content (AvgIpc) is 2.45. The van der Waals surface area contributed by atoms with Gasteiger partial charge in [0.2, 0.25) is 0 Å². The molecule has 1 aliphatic rings. The smallest absolute Gasteiger partial charge is 0.120 e. The number of phenols is 1. The minimum absolute atomic E-state index is 0.218. The molecule has 0 radical (unpaired) electrons. The third kappa shape index (κ3) is 4.85. The van der Waals surface area contributed by atoms with E-state index >= 15 is 0 Å². The fourth-order valence-corrected chi connectivity index (χ4v) is 3.35. The van der Waals surface area contributed by atoms with E-state index in [1.807, 2.05) is 6.07 Å². The van der Waals surface area contributed by atoms with Gasteiger partial charge in [0, 0.05) is 56.0 Å².